The highest BCUT2D eigenvalue weighted by Gasteiger charge is 2.11. The fraction of sp³-hybridized carbons (Fsp3) is 0. The second-order valence-electron chi connectivity index (χ2n) is 3.99. The Morgan fingerprint density at radius 2 is 1.95 bits per heavy atom. The third-order valence-corrected chi connectivity index (χ3v) is 3.60. The van der Waals surface area contributed by atoms with Crippen molar-refractivity contribution in [3.8, 4) is 0 Å². The molecule has 0 radical (unpaired) electrons. The summed E-state index contributed by atoms with van der Waals surface area (Å²) >= 11 is 1.42. The van der Waals surface area contributed by atoms with Gasteiger partial charge in [-0.05, 0) is 24.3 Å². The van der Waals surface area contributed by atoms with E-state index in [-0.39, 0.29) is 11.6 Å². The van der Waals surface area contributed by atoms with Crippen LogP contribution in [0.2, 0.25) is 0 Å². The van der Waals surface area contributed by atoms with E-state index in [9.17, 15) is 4.79 Å². The van der Waals surface area contributed by atoms with Crippen molar-refractivity contribution in [2.75, 3.05) is 10.7 Å². The summed E-state index contributed by atoms with van der Waals surface area (Å²) in [6, 6.07) is 12.7. The molecule has 0 aliphatic heterocycles. The zero-order valence-corrected chi connectivity index (χ0v) is 11.1. The first kappa shape index (κ1) is 12.5. The minimum Gasteiger partial charge on any atom is -0.308 e. The molecule has 0 atom stereocenters. The molecule has 0 unspecified atom stereocenters. The topological polar surface area (TPSA) is 92.9 Å². The Hall–Kier alpha value is -2.51. The number of anilines is 2. The van der Waals surface area contributed by atoms with Gasteiger partial charge in [-0.3, -0.25) is 10.1 Å². The van der Waals surface area contributed by atoms with E-state index in [1.54, 1.807) is 18.2 Å². The van der Waals surface area contributed by atoms with E-state index in [0.29, 0.717) is 10.9 Å². The minimum absolute atomic E-state index is 0.278. The zero-order chi connectivity index (χ0) is 13.9. The normalized spacial score (nSPS) is 10.4. The molecule has 1 amide bonds. The van der Waals surface area contributed by atoms with Gasteiger partial charge in [0.15, 0.2) is 5.13 Å². The molecule has 2 heterocycles. The van der Waals surface area contributed by atoms with Crippen molar-refractivity contribution in [2.24, 2.45) is 5.84 Å². The van der Waals surface area contributed by atoms with E-state index in [1.165, 1.54) is 11.3 Å². The molecule has 0 bridgehead atoms. The van der Waals surface area contributed by atoms with Crippen LogP contribution in [0.1, 0.15) is 10.5 Å². The van der Waals surface area contributed by atoms with Gasteiger partial charge in [0.05, 0.1) is 10.2 Å². The highest BCUT2D eigenvalue weighted by Crippen LogP contribution is 2.25. The Labute approximate surface area is 118 Å². The lowest BCUT2D eigenvalue weighted by molar-refractivity contribution is 0.102. The third kappa shape index (κ3) is 2.44. The summed E-state index contributed by atoms with van der Waals surface area (Å²) in [4.78, 5) is 20.5. The zero-order valence-electron chi connectivity index (χ0n) is 10.3. The average molecular weight is 285 g/mol. The number of carbonyl (C=O) groups is 1. The van der Waals surface area contributed by atoms with Crippen LogP contribution in [0.3, 0.4) is 0 Å². The third-order valence-electron chi connectivity index (χ3n) is 2.64. The van der Waals surface area contributed by atoms with Crippen molar-refractivity contribution in [1.82, 2.24) is 9.97 Å². The molecule has 0 aliphatic carbocycles. The van der Waals surface area contributed by atoms with Gasteiger partial charge >= 0.3 is 0 Å². The number of hydrogen-bond donors (Lipinski definition) is 3. The summed E-state index contributed by atoms with van der Waals surface area (Å²) in [5.41, 5.74) is 3.54. The van der Waals surface area contributed by atoms with Gasteiger partial charge in [0.25, 0.3) is 5.91 Å². The van der Waals surface area contributed by atoms with Gasteiger partial charge in [-0.15, -0.1) is 0 Å². The number of rotatable bonds is 3. The van der Waals surface area contributed by atoms with Crippen molar-refractivity contribution in [3.05, 3.63) is 48.2 Å². The fourth-order valence-electron chi connectivity index (χ4n) is 1.73. The number of amides is 1. The summed E-state index contributed by atoms with van der Waals surface area (Å²) in [6.45, 7) is 0. The molecule has 0 saturated carbocycles. The van der Waals surface area contributed by atoms with Crippen LogP contribution in [-0.2, 0) is 0 Å². The van der Waals surface area contributed by atoms with Crippen LogP contribution in [-0.4, -0.2) is 15.9 Å². The van der Waals surface area contributed by atoms with E-state index < -0.39 is 0 Å². The predicted octanol–water partition coefficient (Wildman–Crippen LogP) is 2.23. The molecule has 3 aromatic rings. The number of carbonyl (C=O) groups excluding carboxylic acids is 1. The molecule has 2 aromatic heterocycles. The van der Waals surface area contributed by atoms with E-state index in [4.69, 9.17) is 5.84 Å². The van der Waals surface area contributed by atoms with Gasteiger partial charge in [-0.2, -0.15) is 0 Å². The lowest BCUT2D eigenvalue weighted by atomic mass is 10.3. The maximum atomic E-state index is 12.1. The molecule has 0 spiro atoms. The lowest BCUT2D eigenvalue weighted by Gasteiger charge is -2.03. The van der Waals surface area contributed by atoms with Crippen LogP contribution in [0.25, 0.3) is 10.2 Å². The maximum absolute atomic E-state index is 12.1. The number of nitrogens with zero attached hydrogens (tertiary/aromatic N) is 2. The van der Waals surface area contributed by atoms with E-state index in [0.717, 1.165) is 10.2 Å². The number of nitrogens with two attached hydrogens (primary N) is 1. The van der Waals surface area contributed by atoms with Crippen LogP contribution in [0, 0.1) is 0 Å². The molecule has 20 heavy (non-hydrogen) atoms. The minimum atomic E-state index is -0.318. The molecule has 3 rings (SSSR count). The number of aromatic nitrogens is 2. The van der Waals surface area contributed by atoms with E-state index in [2.05, 4.69) is 20.7 Å². The number of nitrogens with one attached hydrogen (secondary N) is 2. The summed E-state index contributed by atoms with van der Waals surface area (Å²) in [5.74, 6) is 5.38. The number of benzene rings is 1. The van der Waals surface area contributed by atoms with E-state index >= 15 is 0 Å². The number of pyridine rings is 1. The molecule has 7 heteroatoms. The Balaban J connectivity index is 1.84. The second kappa shape index (κ2) is 5.24. The molecule has 4 N–H and O–H groups in total. The van der Waals surface area contributed by atoms with Crippen LogP contribution in [0.4, 0.5) is 10.9 Å². The summed E-state index contributed by atoms with van der Waals surface area (Å²) < 4.78 is 1.02. The molecule has 100 valence electrons. The average Bonchev–Trinajstić information content (AvgIpc) is 2.89. The highest BCUT2D eigenvalue weighted by molar-refractivity contribution is 7.22. The predicted molar refractivity (Wildman–Crippen MR) is 79.6 cm³/mol. The SMILES string of the molecule is NNc1cccc(C(=O)Nc2nc3ccccc3s2)n1. The maximum Gasteiger partial charge on any atom is 0.276 e. The first-order valence-electron chi connectivity index (χ1n) is 5.87. The Morgan fingerprint density at radius 3 is 2.75 bits per heavy atom. The first-order chi connectivity index (χ1) is 9.76. The molecule has 0 aliphatic rings. The van der Waals surface area contributed by atoms with Crippen molar-refractivity contribution in [2.45, 2.75) is 0 Å². The van der Waals surface area contributed by atoms with Crippen LogP contribution < -0.4 is 16.6 Å². The van der Waals surface area contributed by atoms with Gasteiger partial charge in [-0.25, -0.2) is 15.8 Å². The molecule has 1 aromatic carbocycles. The van der Waals surface area contributed by atoms with Crippen molar-refractivity contribution < 1.29 is 4.79 Å². The monoisotopic (exact) mass is 285 g/mol. The van der Waals surface area contributed by atoms with Gasteiger partial charge in [-0.1, -0.05) is 29.5 Å². The molecular weight excluding hydrogens is 274 g/mol. The van der Waals surface area contributed by atoms with Gasteiger partial charge in [0, 0.05) is 0 Å². The molecule has 0 fully saturated rings. The number of nitrogen functional groups attached to an aromatic ring is 1. The number of fused-ring (bicyclic) bond motifs is 1. The summed E-state index contributed by atoms with van der Waals surface area (Å²) in [7, 11) is 0. The summed E-state index contributed by atoms with van der Waals surface area (Å²) in [6.07, 6.45) is 0. The fourth-order valence-corrected chi connectivity index (χ4v) is 2.59. The van der Waals surface area contributed by atoms with Crippen LogP contribution in [0.15, 0.2) is 42.5 Å². The van der Waals surface area contributed by atoms with E-state index in [1.807, 2.05) is 24.3 Å². The Morgan fingerprint density at radius 1 is 1.10 bits per heavy atom. The number of hydrazine groups is 1. The first-order valence-corrected chi connectivity index (χ1v) is 6.68. The molecular formula is C13H11N5OS. The number of hydrogen-bond acceptors (Lipinski definition) is 6. The standard InChI is InChI=1S/C13H11N5OS/c14-18-11-7-3-5-9(15-11)12(19)17-13-16-8-4-1-2-6-10(8)20-13/h1-7H,14H2,(H,15,18)(H,16,17,19). The van der Waals surface area contributed by atoms with Crippen molar-refractivity contribution in [3.63, 3.8) is 0 Å². The number of thiazole rings is 1. The second-order valence-corrected chi connectivity index (χ2v) is 5.02. The van der Waals surface area contributed by atoms with Gasteiger partial charge < -0.3 is 5.43 Å². The lowest BCUT2D eigenvalue weighted by Crippen LogP contribution is -2.15. The molecule has 0 saturated heterocycles. The largest absolute Gasteiger partial charge is 0.308 e. The smallest absolute Gasteiger partial charge is 0.276 e. The van der Waals surface area contributed by atoms with Gasteiger partial charge in [0.1, 0.15) is 11.5 Å². The van der Waals surface area contributed by atoms with Crippen molar-refractivity contribution in [1.29, 1.82) is 0 Å². The highest BCUT2D eigenvalue weighted by atomic mass is 32.1. The van der Waals surface area contributed by atoms with Crippen LogP contribution in [0.5, 0.6) is 0 Å². The van der Waals surface area contributed by atoms with Crippen molar-refractivity contribution >= 4 is 38.4 Å². The Kier molecular flexibility index (Phi) is 3.28. The van der Waals surface area contributed by atoms with Crippen LogP contribution >= 0.6 is 11.3 Å². The quantitative estimate of drug-likeness (QED) is 0.507. The number of para-hydroxylation sites is 1. The summed E-state index contributed by atoms with van der Waals surface area (Å²) in [5, 5.41) is 3.28. The van der Waals surface area contributed by atoms with Gasteiger partial charge in [0.2, 0.25) is 0 Å². The Bertz CT molecular complexity index is 737. The molecule has 6 nitrogen and oxygen atoms in total.